The summed E-state index contributed by atoms with van der Waals surface area (Å²) in [6.45, 7) is 9.11. The summed E-state index contributed by atoms with van der Waals surface area (Å²) in [6.07, 6.45) is 0.163. The molecule has 1 fully saturated rings. The van der Waals surface area contributed by atoms with E-state index in [0.29, 0.717) is 24.5 Å². The van der Waals surface area contributed by atoms with E-state index < -0.39 is 0 Å². The Morgan fingerprint density at radius 3 is 2.37 bits per heavy atom. The highest BCUT2D eigenvalue weighted by Gasteiger charge is 2.30. The summed E-state index contributed by atoms with van der Waals surface area (Å²) < 4.78 is 9.07. The molecular formula is C20H28N4O3. The molecule has 1 aromatic carbocycles. The van der Waals surface area contributed by atoms with Crippen LogP contribution < -0.4 is 10.9 Å². The van der Waals surface area contributed by atoms with E-state index in [1.165, 1.54) is 0 Å². The van der Waals surface area contributed by atoms with Gasteiger partial charge in [0.25, 0.3) is 5.56 Å². The van der Waals surface area contributed by atoms with Crippen LogP contribution in [0.2, 0.25) is 0 Å². The molecule has 3 atom stereocenters. The van der Waals surface area contributed by atoms with E-state index in [4.69, 9.17) is 4.74 Å². The van der Waals surface area contributed by atoms with Crippen LogP contribution in [0, 0.1) is 6.92 Å². The first-order valence-electron chi connectivity index (χ1n) is 9.34. The highest BCUT2D eigenvalue weighted by Crippen LogP contribution is 2.17. The van der Waals surface area contributed by atoms with Gasteiger partial charge in [0, 0.05) is 20.1 Å². The standard InChI is InChI=1S/C20H28N4O3/c1-13-11-23(12-14(2)27-13)16(4)19(25)21-18-15(3)22(5)24(20(18)26)17-9-7-6-8-10-17/h6-10,13-14,16H,11-12H2,1-5H3,(H,21,25)/t13-,14-,16+/m1/s1. The summed E-state index contributed by atoms with van der Waals surface area (Å²) in [7, 11) is 1.81. The van der Waals surface area contributed by atoms with Gasteiger partial charge in [-0.15, -0.1) is 0 Å². The molecule has 0 spiro atoms. The van der Waals surface area contributed by atoms with Gasteiger partial charge in [-0.3, -0.25) is 19.2 Å². The lowest BCUT2D eigenvalue weighted by molar-refractivity contribution is -0.126. The van der Waals surface area contributed by atoms with Crippen LogP contribution >= 0.6 is 0 Å². The van der Waals surface area contributed by atoms with Crippen LogP contribution in [0.25, 0.3) is 5.69 Å². The van der Waals surface area contributed by atoms with Crippen molar-refractivity contribution in [2.45, 2.75) is 45.9 Å². The van der Waals surface area contributed by atoms with Crippen molar-refractivity contribution in [2.75, 3.05) is 18.4 Å². The Balaban J connectivity index is 1.83. The molecule has 146 valence electrons. The van der Waals surface area contributed by atoms with Crippen molar-refractivity contribution in [3.63, 3.8) is 0 Å². The average Bonchev–Trinajstić information content (AvgIpc) is 2.84. The van der Waals surface area contributed by atoms with Crippen molar-refractivity contribution in [1.29, 1.82) is 0 Å². The Labute approximate surface area is 159 Å². The maximum Gasteiger partial charge on any atom is 0.295 e. The predicted molar refractivity (Wildman–Crippen MR) is 105 cm³/mol. The number of aromatic nitrogens is 2. The molecule has 1 aromatic heterocycles. The van der Waals surface area contributed by atoms with E-state index in [2.05, 4.69) is 10.2 Å². The molecule has 7 nitrogen and oxygen atoms in total. The topological polar surface area (TPSA) is 68.5 Å². The molecule has 7 heteroatoms. The summed E-state index contributed by atoms with van der Waals surface area (Å²) in [5.41, 5.74) is 1.57. The molecule has 1 aliphatic rings. The fraction of sp³-hybridized carbons (Fsp3) is 0.500. The number of nitrogens with one attached hydrogen (secondary N) is 1. The normalized spacial score (nSPS) is 21.8. The number of hydrogen-bond acceptors (Lipinski definition) is 4. The van der Waals surface area contributed by atoms with Crippen molar-refractivity contribution in [1.82, 2.24) is 14.3 Å². The lowest BCUT2D eigenvalue weighted by Crippen LogP contribution is -2.52. The molecule has 27 heavy (non-hydrogen) atoms. The number of carbonyl (C=O) groups is 1. The van der Waals surface area contributed by atoms with E-state index in [0.717, 1.165) is 5.69 Å². The zero-order chi connectivity index (χ0) is 19.7. The third-order valence-corrected chi connectivity index (χ3v) is 5.18. The summed E-state index contributed by atoms with van der Waals surface area (Å²) in [5.74, 6) is -0.178. The third kappa shape index (κ3) is 3.84. The monoisotopic (exact) mass is 372 g/mol. The predicted octanol–water partition coefficient (Wildman–Crippen LogP) is 1.92. The van der Waals surface area contributed by atoms with Crippen LogP contribution in [0.1, 0.15) is 26.5 Å². The lowest BCUT2D eigenvalue weighted by atomic mass is 10.1. The third-order valence-electron chi connectivity index (χ3n) is 5.18. The Morgan fingerprint density at radius 1 is 1.19 bits per heavy atom. The maximum atomic E-state index is 12.9. The van der Waals surface area contributed by atoms with Gasteiger partial charge in [-0.05, 0) is 39.8 Å². The van der Waals surface area contributed by atoms with Gasteiger partial charge in [0.05, 0.1) is 29.6 Å². The quantitative estimate of drug-likeness (QED) is 0.890. The van der Waals surface area contributed by atoms with E-state index in [1.807, 2.05) is 65.1 Å². The van der Waals surface area contributed by atoms with Gasteiger partial charge in [0.15, 0.2) is 0 Å². The molecule has 3 rings (SSSR count). The Bertz CT molecular complexity index is 861. The molecular weight excluding hydrogens is 344 g/mol. The van der Waals surface area contributed by atoms with Crippen LogP contribution in [0.4, 0.5) is 5.69 Å². The number of morpholine rings is 1. The summed E-state index contributed by atoms with van der Waals surface area (Å²) in [6, 6.07) is 9.05. The number of ether oxygens (including phenoxy) is 1. The fourth-order valence-corrected chi connectivity index (χ4v) is 3.64. The first-order valence-corrected chi connectivity index (χ1v) is 9.34. The lowest BCUT2D eigenvalue weighted by Gasteiger charge is -2.38. The minimum atomic E-state index is -0.344. The second-order valence-corrected chi connectivity index (χ2v) is 7.31. The number of anilines is 1. The van der Waals surface area contributed by atoms with Gasteiger partial charge >= 0.3 is 0 Å². The van der Waals surface area contributed by atoms with Gasteiger partial charge in [0.1, 0.15) is 5.69 Å². The number of amides is 1. The number of hydrogen-bond donors (Lipinski definition) is 1. The highest BCUT2D eigenvalue weighted by atomic mass is 16.5. The van der Waals surface area contributed by atoms with E-state index in [1.54, 1.807) is 9.36 Å². The van der Waals surface area contributed by atoms with Crippen LogP contribution in [-0.4, -0.2) is 51.5 Å². The van der Waals surface area contributed by atoms with Gasteiger partial charge in [0.2, 0.25) is 5.91 Å². The van der Waals surface area contributed by atoms with Gasteiger partial charge in [-0.1, -0.05) is 18.2 Å². The van der Waals surface area contributed by atoms with Crippen LogP contribution in [0.5, 0.6) is 0 Å². The second kappa shape index (κ2) is 7.70. The number of rotatable bonds is 4. The van der Waals surface area contributed by atoms with Gasteiger partial charge in [-0.25, -0.2) is 4.68 Å². The number of carbonyl (C=O) groups excluding carboxylic acids is 1. The zero-order valence-corrected chi connectivity index (χ0v) is 16.6. The fourth-order valence-electron chi connectivity index (χ4n) is 3.64. The molecule has 0 aliphatic carbocycles. The Hall–Kier alpha value is -2.38. The number of benzene rings is 1. The summed E-state index contributed by atoms with van der Waals surface area (Å²) in [5, 5.41) is 2.86. The zero-order valence-electron chi connectivity index (χ0n) is 16.6. The molecule has 0 unspecified atom stereocenters. The van der Waals surface area contributed by atoms with E-state index in [-0.39, 0.29) is 29.7 Å². The number of para-hydroxylation sites is 1. The van der Waals surface area contributed by atoms with Crippen LogP contribution in [0.15, 0.2) is 35.1 Å². The SMILES string of the molecule is Cc1c(NC(=O)[C@H](C)N2C[C@@H](C)O[C@H](C)C2)c(=O)n(-c2ccccc2)n1C. The smallest absolute Gasteiger partial charge is 0.295 e. The largest absolute Gasteiger partial charge is 0.373 e. The molecule has 1 N–H and O–H groups in total. The minimum absolute atomic E-state index is 0.0813. The number of nitrogens with zero attached hydrogens (tertiary/aromatic N) is 3. The summed E-state index contributed by atoms with van der Waals surface area (Å²) in [4.78, 5) is 27.9. The molecule has 2 heterocycles. The van der Waals surface area contributed by atoms with Crippen molar-refractivity contribution in [3.8, 4) is 5.69 Å². The molecule has 0 bridgehead atoms. The molecule has 1 aliphatic heterocycles. The average molecular weight is 372 g/mol. The minimum Gasteiger partial charge on any atom is -0.373 e. The molecule has 0 radical (unpaired) electrons. The van der Waals surface area contributed by atoms with E-state index in [9.17, 15) is 9.59 Å². The molecule has 1 saturated heterocycles. The highest BCUT2D eigenvalue weighted by molar-refractivity contribution is 5.95. The molecule has 0 saturated carbocycles. The first-order chi connectivity index (χ1) is 12.8. The second-order valence-electron chi connectivity index (χ2n) is 7.31. The van der Waals surface area contributed by atoms with Crippen molar-refractivity contribution < 1.29 is 9.53 Å². The van der Waals surface area contributed by atoms with Crippen molar-refractivity contribution >= 4 is 11.6 Å². The van der Waals surface area contributed by atoms with Gasteiger partial charge in [-0.2, -0.15) is 0 Å². The van der Waals surface area contributed by atoms with Gasteiger partial charge < -0.3 is 10.1 Å². The van der Waals surface area contributed by atoms with Crippen LogP contribution in [0.3, 0.4) is 0 Å². The van der Waals surface area contributed by atoms with E-state index >= 15 is 0 Å². The summed E-state index contributed by atoms with van der Waals surface area (Å²) >= 11 is 0. The van der Waals surface area contributed by atoms with Crippen molar-refractivity contribution in [3.05, 3.63) is 46.4 Å². The Morgan fingerprint density at radius 2 is 1.78 bits per heavy atom. The molecule has 2 aromatic rings. The van der Waals surface area contributed by atoms with Crippen LogP contribution in [-0.2, 0) is 16.6 Å². The Kier molecular flexibility index (Phi) is 5.53. The maximum absolute atomic E-state index is 12.9. The molecule has 1 amide bonds. The first kappa shape index (κ1) is 19.4. The van der Waals surface area contributed by atoms with Crippen molar-refractivity contribution in [2.24, 2.45) is 7.05 Å².